The number of nitrogens with zero attached hydrogens (tertiary/aromatic N) is 2. The first-order valence-corrected chi connectivity index (χ1v) is 7.29. The Morgan fingerprint density at radius 2 is 2.00 bits per heavy atom. The Bertz CT molecular complexity index is 573. The van der Waals surface area contributed by atoms with E-state index in [-0.39, 0.29) is 24.2 Å². The van der Waals surface area contributed by atoms with Crippen LogP contribution in [-0.2, 0) is 9.59 Å². The zero-order valence-corrected chi connectivity index (χ0v) is 13.5. The molecule has 120 valence electrons. The fourth-order valence-corrected chi connectivity index (χ4v) is 2.58. The molecule has 6 heteroatoms. The number of hydrogen-bond donors (Lipinski definition) is 0. The molecule has 0 aromatic heterocycles. The van der Waals surface area contributed by atoms with E-state index in [1.165, 1.54) is 0 Å². The van der Waals surface area contributed by atoms with Gasteiger partial charge in [0.2, 0.25) is 11.8 Å². The second-order valence-electron chi connectivity index (χ2n) is 5.30. The second kappa shape index (κ2) is 6.68. The van der Waals surface area contributed by atoms with E-state index in [2.05, 4.69) is 0 Å². The van der Waals surface area contributed by atoms with Gasteiger partial charge in [-0.2, -0.15) is 0 Å². The molecule has 0 N–H and O–H groups in total. The SMILES string of the molecule is CCN(C)C(=O)C1CC(=O)N(c2ccc(OC)c(OC)c2)C1. The number of anilines is 1. The van der Waals surface area contributed by atoms with Crippen LogP contribution in [0, 0.1) is 5.92 Å². The lowest BCUT2D eigenvalue weighted by Crippen LogP contribution is -2.34. The van der Waals surface area contributed by atoms with Gasteiger partial charge < -0.3 is 19.3 Å². The van der Waals surface area contributed by atoms with Gasteiger partial charge in [0.1, 0.15) is 0 Å². The van der Waals surface area contributed by atoms with Crippen LogP contribution in [-0.4, -0.2) is 51.1 Å². The van der Waals surface area contributed by atoms with Gasteiger partial charge in [-0.1, -0.05) is 0 Å². The maximum absolute atomic E-state index is 12.2. The number of carbonyl (C=O) groups is 2. The van der Waals surface area contributed by atoms with Crippen molar-refractivity contribution in [3.63, 3.8) is 0 Å². The lowest BCUT2D eigenvalue weighted by atomic mass is 10.1. The lowest BCUT2D eigenvalue weighted by Gasteiger charge is -2.20. The molecule has 0 radical (unpaired) electrons. The Balaban J connectivity index is 2.20. The van der Waals surface area contributed by atoms with Crippen molar-refractivity contribution < 1.29 is 19.1 Å². The average molecular weight is 306 g/mol. The summed E-state index contributed by atoms with van der Waals surface area (Å²) >= 11 is 0. The van der Waals surface area contributed by atoms with E-state index < -0.39 is 0 Å². The highest BCUT2D eigenvalue weighted by Crippen LogP contribution is 2.34. The van der Waals surface area contributed by atoms with Crippen molar-refractivity contribution in [1.29, 1.82) is 0 Å². The van der Waals surface area contributed by atoms with Gasteiger partial charge in [0, 0.05) is 38.3 Å². The molecule has 0 bridgehead atoms. The van der Waals surface area contributed by atoms with Crippen molar-refractivity contribution in [2.75, 3.05) is 39.3 Å². The molecule has 1 unspecified atom stereocenters. The van der Waals surface area contributed by atoms with Crippen molar-refractivity contribution in [2.24, 2.45) is 5.92 Å². The van der Waals surface area contributed by atoms with E-state index in [0.29, 0.717) is 24.6 Å². The van der Waals surface area contributed by atoms with E-state index in [4.69, 9.17) is 9.47 Å². The summed E-state index contributed by atoms with van der Waals surface area (Å²) in [6.07, 6.45) is 0.248. The third kappa shape index (κ3) is 3.00. The number of methoxy groups -OCH3 is 2. The molecule has 1 aromatic carbocycles. The van der Waals surface area contributed by atoms with Gasteiger partial charge in [-0.15, -0.1) is 0 Å². The number of benzene rings is 1. The van der Waals surface area contributed by atoms with Crippen LogP contribution in [0.5, 0.6) is 11.5 Å². The zero-order chi connectivity index (χ0) is 16.3. The quantitative estimate of drug-likeness (QED) is 0.828. The molecule has 0 spiro atoms. The van der Waals surface area contributed by atoms with Crippen LogP contribution in [0.1, 0.15) is 13.3 Å². The standard InChI is InChI=1S/C16H22N2O4/c1-5-17(2)16(20)11-8-15(19)18(10-11)12-6-7-13(21-3)14(9-12)22-4/h6-7,9,11H,5,8,10H2,1-4H3. The second-order valence-corrected chi connectivity index (χ2v) is 5.30. The summed E-state index contributed by atoms with van der Waals surface area (Å²) in [6, 6.07) is 5.32. The molecule has 1 fully saturated rings. The molecule has 1 aliphatic rings. The number of ether oxygens (including phenoxy) is 2. The van der Waals surface area contributed by atoms with Gasteiger partial charge in [0.15, 0.2) is 11.5 Å². The van der Waals surface area contributed by atoms with Crippen LogP contribution < -0.4 is 14.4 Å². The van der Waals surface area contributed by atoms with Crippen LogP contribution >= 0.6 is 0 Å². The summed E-state index contributed by atoms with van der Waals surface area (Å²) in [4.78, 5) is 27.7. The zero-order valence-electron chi connectivity index (χ0n) is 13.5. The van der Waals surface area contributed by atoms with E-state index in [1.54, 1.807) is 49.3 Å². The molecular formula is C16H22N2O4. The van der Waals surface area contributed by atoms with Crippen molar-refractivity contribution in [3.05, 3.63) is 18.2 Å². The van der Waals surface area contributed by atoms with Crippen molar-refractivity contribution in [3.8, 4) is 11.5 Å². The van der Waals surface area contributed by atoms with Crippen LogP contribution in [0.15, 0.2) is 18.2 Å². The van der Waals surface area contributed by atoms with Crippen LogP contribution in [0.3, 0.4) is 0 Å². The normalized spacial score (nSPS) is 17.5. The van der Waals surface area contributed by atoms with E-state index in [9.17, 15) is 9.59 Å². The minimum absolute atomic E-state index is 0.0128. The number of rotatable bonds is 5. The van der Waals surface area contributed by atoms with Crippen LogP contribution in [0.4, 0.5) is 5.69 Å². The molecule has 1 saturated heterocycles. The first-order valence-electron chi connectivity index (χ1n) is 7.29. The average Bonchev–Trinajstić information content (AvgIpc) is 2.94. The highest BCUT2D eigenvalue weighted by molar-refractivity contribution is 6.00. The van der Waals surface area contributed by atoms with Crippen LogP contribution in [0.2, 0.25) is 0 Å². The van der Waals surface area contributed by atoms with Gasteiger partial charge in [0.05, 0.1) is 20.1 Å². The molecule has 0 aliphatic carbocycles. The minimum Gasteiger partial charge on any atom is -0.493 e. The molecular weight excluding hydrogens is 284 g/mol. The monoisotopic (exact) mass is 306 g/mol. The Kier molecular flexibility index (Phi) is 4.90. The highest BCUT2D eigenvalue weighted by atomic mass is 16.5. The number of carbonyl (C=O) groups excluding carboxylic acids is 2. The van der Waals surface area contributed by atoms with E-state index >= 15 is 0 Å². The summed E-state index contributed by atoms with van der Waals surface area (Å²) < 4.78 is 10.5. The smallest absolute Gasteiger partial charge is 0.227 e. The predicted octanol–water partition coefficient (Wildman–Crippen LogP) is 1.53. The lowest BCUT2D eigenvalue weighted by molar-refractivity contribution is -0.134. The molecule has 2 amide bonds. The van der Waals surface area contributed by atoms with Crippen molar-refractivity contribution in [1.82, 2.24) is 4.90 Å². The largest absolute Gasteiger partial charge is 0.493 e. The fourth-order valence-electron chi connectivity index (χ4n) is 2.58. The topological polar surface area (TPSA) is 59.1 Å². The maximum Gasteiger partial charge on any atom is 0.227 e. The van der Waals surface area contributed by atoms with Crippen LogP contribution in [0.25, 0.3) is 0 Å². The van der Waals surface area contributed by atoms with E-state index in [1.807, 2.05) is 6.92 Å². The predicted molar refractivity (Wildman–Crippen MR) is 83.3 cm³/mol. The summed E-state index contributed by atoms with van der Waals surface area (Å²) in [5, 5.41) is 0. The van der Waals surface area contributed by atoms with Gasteiger partial charge in [-0.25, -0.2) is 0 Å². The summed E-state index contributed by atoms with van der Waals surface area (Å²) in [5.41, 5.74) is 0.720. The molecule has 22 heavy (non-hydrogen) atoms. The highest BCUT2D eigenvalue weighted by Gasteiger charge is 2.36. The van der Waals surface area contributed by atoms with Gasteiger partial charge in [0.25, 0.3) is 0 Å². The summed E-state index contributed by atoms with van der Waals surface area (Å²) in [7, 11) is 4.87. The molecule has 6 nitrogen and oxygen atoms in total. The third-order valence-corrected chi connectivity index (χ3v) is 4.00. The third-order valence-electron chi connectivity index (χ3n) is 4.00. The van der Waals surface area contributed by atoms with Crippen molar-refractivity contribution >= 4 is 17.5 Å². The molecule has 1 heterocycles. The fraction of sp³-hybridized carbons (Fsp3) is 0.500. The Morgan fingerprint density at radius 1 is 1.32 bits per heavy atom. The minimum atomic E-state index is -0.287. The van der Waals surface area contributed by atoms with Gasteiger partial charge in [-0.05, 0) is 19.1 Å². The number of hydrogen-bond acceptors (Lipinski definition) is 4. The van der Waals surface area contributed by atoms with Gasteiger partial charge >= 0.3 is 0 Å². The molecule has 1 aliphatic heterocycles. The van der Waals surface area contributed by atoms with Gasteiger partial charge in [-0.3, -0.25) is 9.59 Å². The molecule has 0 saturated carbocycles. The molecule has 1 atom stereocenters. The summed E-state index contributed by atoms with van der Waals surface area (Å²) in [5.74, 6) is 0.851. The molecule has 2 rings (SSSR count). The number of amides is 2. The first kappa shape index (κ1) is 16.1. The Morgan fingerprint density at radius 3 is 2.59 bits per heavy atom. The Hall–Kier alpha value is -2.24. The van der Waals surface area contributed by atoms with E-state index in [0.717, 1.165) is 5.69 Å². The Labute approximate surface area is 130 Å². The summed E-state index contributed by atoms with van der Waals surface area (Å²) in [6.45, 7) is 2.96. The molecule has 1 aromatic rings. The maximum atomic E-state index is 12.2. The first-order chi connectivity index (χ1) is 10.5. The van der Waals surface area contributed by atoms with Crippen molar-refractivity contribution in [2.45, 2.75) is 13.3 Å².